The number of alkyl halides is 3. The summed E-state index contributed by atoms with van der Waals surface area (Å²) in [5.74, 6) is -0.176. The molecule has 1 aliphatic heterocycles. The first kappa shape index (κ1) is 21.4. The average molecular weight is 390 g/mol. The van der Waals surface area contributed by atoms with Crippen LogP contribution in [0.3, 0.4) is 0 Å². The standard InChI is InChI=1S/C18H26F4N4O/c1-13(12-26-5-7-27-8-6-26)10-24-17(23-2)25-11-14-3-4-15(19)9-16(14)18(20,21)22/h3-4,9,13H,5-8,10-12H2,1-2H3,(H2,23,24,25). The molecule has 0 spiro atoms. The first-order valence-electron chi connectivity index (χ1n) is 8.90. The van der Waals surface area contributed by atoms with Crippen molar-refractivity contribution in [3.63, 3.8) is 0 Å². The van der Waals surface area contributed by atoms with Crippen LogP contribution in [0.5, 0.6) is 0 Å². The molecule has 0 amide bonds. The van der Waals surface area contributed by atoms with Crippen LogP contribution in [-0.4, -0.2) is 57.3 Å². The Balaban J connectivity index is 1.85. The van der Waals surface area contributed by atoms with Crippen LogP contribution < -0.4 is 10.6 Å². The van der Waals surface area contributed by atoms with E-state index in [1.807, 2.05) is 0 Å². The number of halogens is 4. The zero-order valence-electron chi connectivity index (χ0n) is 15.6. The van der Waals surface area contributed by atoms with Crippen molar-refractivity contribution in [2.45, 2.75) is 19.6 Å². The monoisotopic (exact) mass is 390 g/mol. The summed E-state index contributed by atoms with van der Waals surface area (Å²) in [6, 6.07) is 2.67. The van der Waals surface area contributed by atoms with Crippen molar-refractivity contribution in [3.05, 3.63) is 35.1 Å². The van der Waals surface area contributed by atoms with Gasteiger partial charge in [0.25, 0.3) is 0 Å². The number of nitrogens with zero attached hydrogens (tertiary/aromatic N) is 2. The molecule has 27 heavy (non-hydrogen) atoms. The van der Waals surface area contributed by atoms with Crippen molar-refractivity contribution in [2.24, 2.45) is 10.9 Å². The van der Waals surface area contributed by atoms with E-state index >= 15 is 0 Å². The maximum atomic E-state index is 13.2. The predicted octanol–water partition coefficient (Wildman–Crippen LogP) is 2.48. The zero-order chi connectivity index (χ0) is 19.9. The summed E-state index contributed by atoms with van der Waals surface area (Å²) >= 11 is 0. The first-order chi connectivity index (χ1) is 12.8. The summed E-state index contributed by atoms with van der Waals surface area (Å²) in [5, 5.41) is 5.98. The molecule has 0 saturated carbocycles. The van der Waals surface area contributed by atoms with Gasteiger partial charge in [-0.1, -0.05) is 13.0 Å². The van der Waals surface area contributed by atoms with E-state index in [1.165, 1.54) is 0 Å². The van der Waals surface area contributed by atoms with Crippen LogP contribution in [0.4, 0.5) is 17.6 Å². The highest BCUT2D eigenvalue weighted by molar-refractivity contribution is 5.79. The SMILES string of the molecule is CN=C(NCc1ccc(F)cc1C(F)(F)F)NCC(C)CN1CCOCC1. The molecule has 0 radical (unpaired) electrons. The number of rotatable bonds is 6. The maximum absolute atomic E-state index is 13.2. The molecule has 0 bridgehead atoms. The van der Waals surface area contributed by atoms with Gasteiger partial charge in [0, 0.05) is 39.8 Å². The molecule has 152 valence electrons. The fraction of sp³-hybridized carbons (Fsp3) is 0.611. The molecule has 1 aromatic carbocycles. The van der Waals surface area contributed by atoms with Gasteiger partial charge in [-0.15, -0.1) is 0 Å². The summed E-state index contributed by atoms with van der Waals surface area (Å²) in [4.78, 5) is 6.36. The maximum Gasteiger partial charge on any atom is 0.416 e. The summed E-state index contributed by atoms with van der Waals surface area (Å²) in [7, 11) is 1.55. The van der Waals surface area contributed by atoms with Gasteiger partial charge in [0.05, 0.1) is 18.8 Å². The molecule has 1 saturated heterocycles. The Labute approximate surface area is 156 Å². The van der Waals surface area contributed by atoms with Crippen molar-refractivity contribution in [3.8, 4) is 0 Å². The van der Waals surface area contributed by atoms with Crippen LogP contribution in [0.1, 0.15) is 18.1 Å². The van der Waals surface area contributed by atoms with Crippen molar-refractivity contribution >= 4 is 5.96 Å². The number of nitrogens with one attached hydrogen (secondary N) is 2. The fourth-order valence-corrected chi connectivity index (χ4v) is 2.93. The molecule has 2 N–H and O–H groups in total. The molecule has 5 nitrogen and oxygen atoms in total. The molecule has 1 aromatic rings. The van der Waals surface area contributed by atoms with Crippen LogP contribution in [0.2, 0.25) is 0 Å². The Kier molecular flexibility index (Phi) is 7.85. The molecule has 1 fully saturated rings. The van der Waals surface area contributed by atoms with Gasteiger partial charge in [-0.25, -0.2) is 4.39 Å². The molecule has 1 atom stereocenters. The summed E-state index contributed by atoms with van der Waals surface area (Å²) in [5.41, 5.74) is -1.01. The smallest absolute Gasteiger partial charge is 0.379 e. The van der Waals surface area contributed by atoms with Crippen molar-refractivity contribution in [1.29, 1.82) is 0 Å². The minimum Gasteiger partial charge on any atom is -0.379 e. The zero-order valence-corrected chi connectivity index (χ0v) is 15.6. The number of benzene rings is 1. The molecule has 1 unspecified atom stereocenters. The lowest BCUT2D eigenvalue weighted by Gasteiger charge is -2.29. The second kappa shape index (κ2) is 9.89. The average Bonchev–Trinajstić information content (AvgIpc) is 2.62. The number of aliphatic imine (C=N–C) groups is 1. The Morgan fingerprint density at radius 2 is 1.96 bits per heavy atom. The largest absolute Gasteiger partial charge is 0.416 e. The van der Waals surface area contributed by atoms with Crippen LogP contribution in [0, 0.1) is 11.7 Å². The van der Waals surface area contributed by atoms with E-state index in [4.69, 9.17) is 4.74 Å². The minimum absolute atomic E-state index is 0.0341. The van der Waals surface area contributed by atoms with E-state index in [9.17, 15) is 17.6 Å². The van der Waals surface area contributed by atoms with Gasteiger partial charge < -0.3 is 15.4 Å². The van der Waals surface area contributed by atoms with Crippen LogP contribution in [0.15, 0.2) is 23.2 Å². The van der Waals surface area contributed by atoms with E-state index in [0.29, 0.717) is 24.5 Å². The highest BCUT2D eigenvalue weighted by Crippen LogP contribution is 2.32. The van der Waals surface area contributed by atoms with Crippen LogP contribution >= 0.6 is 0 Å². The van der Waals surface area contributed by atoms with E-state index in [0.717, 1.165) is 45.0 Å². The van der Waals surface area contributed by atoms with Crippen LogP contribution in [-0.2, 0) is 17.5 Å². The van der Waals surface area contributed by atoms with E-state index < -0.39 is 17.6 Å². The third-order valence-electron chi connectivity index (χ3n) is 4.34. The van der Waals surface area contributed by atoms with Gasteiger partial charge >= 0.3 is 6.18 Å². The van der Waals surface area contributed by atoms with E-state index in [2.05, 4.69) is 27.4 Å². The summed E-state index contributed by atoms with van der Waals surface area (Å²) < 4.78 is 57.7. The topological polar surface area (TPSA) is 48.9 Å². The van der Waals surface area contributed by atoms with Gasteiger partial charge in [0.15, 0.2) is 5.96 Å². The molecule has 1 heterocycles. The molecular weight excluding hydrogens is 364 g/mol. The molecule has 2 rings (SSSR count). The predicted molar refractivity (Wildman–Crippen MR) is 96.0 cm³/mol. The van der Waals surface area contributed by atoms with E-state index in [-0.39, 0.29) is 12.1 Å². The van der Waals surface area contributed by atoms with Crippen molar-refractivity contribution in [2.75, 3.05) is 46.4 Å². The van der Waals surface area contributed by atoms with Gasteiger partial charge in [0.1, 0.15) is 5.82 Å². The number of morpholine rings is 1. The summed E-state index contributed by atoms with van der Waals surface area (Å²) in [6.07, 6.45) is -4.61. The Morgan fingerprint density at radius 1 is 1.26 bits per heavy atom. The molecule has 9 heteroatoms. The summed E-state index contributed by atoms with van der Waals surface area (Å²) in [6.45, 7) is 6.82. The van der Waals surface area contributed by atoms with Crippen LogP contribution in [0.25, 0.3) is 0 Å². The molecule has 0 aromatic heterocycles. The normalized spacial score (nSPS) is 17.6. The van der Waals surface area contributed by atoms with Crippen molar-refractivity contribution in [1.82, 2.24) is 15.5 Å². The third-order valence-corrected chi connectivity index (χ3v) is 4.34. The number of guanidine groups is 1. The van der Waals surface area contributed by atoms with Gasteiger partial charge in [-0.05, 0) is 23.6 Å². The highest BCUT2D eigenvalue weighted by atomic mass is 19.4. The molecule has 1 aliphatic rings. The number of ether oxygens (including phenoxy) is 1. The number of hydrogen-bond donors (Lipinski definition) is 2. The lowest BCUT2D eigenvalue weighted by atomic mass is 10.1. The van der Waals surface area contributed by atoms with Crippen molar-refractivity contribution < 1.29 is 22.3 Å². The second-order valence-corrected chi connectivity index (χ2v) is 6.62. The fourth-order valence-electron chi connectivity index (χ4n) is 2.93. The lowest BCUT2D eigenvalue weighted by Crippen LogP contribution is -2.43. The van der Waals surface area contributed by atoms with Gasteiger partial charge in [0.2, 0.25) is 0 Å². The third kappa shape index (κ3) is 6.99. The van der Waals surface area contributed by atoms with E-state index in [1.54, 1.807) is 7.05 Å². The molecular formula is C18H26F4N4O. The highest BCUT2D eigenvalue weighted by Gasteiger charge is 2.33. The van der Waals surface area contributed by atoms with Gasteiger partial charge in [-0.2, -0.15) is 13.2 Å². The molecule has 0 aliphatic carbocycles. The lowest BCUT2D eigenvalue weighted by molar-refractivity contribution is -0.138. The quantitative estimate of drug-likeness (QED) is 0.445. The Hall–Kier alpha value is -1.87. The Bertz CT molecular complexity index is 630. The first-order valence-corrected chi connectivity index (χ1v) is 8.90. The Morgan fingerprint density at radius 3 is 2.59 bits per heavy atom. The number of hydrogen-bond acceptors (Lipinski definition) is 3. The second-order valence-electron chi connectivity index (χ2n) is 6.62. The van der Waals surface area contributed by atoms with Gasteiger partial charge in [-0.3, -0.25) is 9.89 Å². The minimum atomic E-state index is -4.61.